The van der Waals surface area contributed by atoms with Gasteiger partial charge in [0.05, 0.1) is 5.56 Å². The van der Waals surface area contributed by atoms with Gasteiger partial charge in [-0.3, -0.25) is 9.69 Å². The molecule has 1 unspecified atom stereocenters. The van der Waals surface area contributed by atoms with Crippen molar-refractivity contribution in [3.8, 4) is 6.07 Å². The molecule has 0 radical (unpaired) electrons. The Bertz CT molecular complexity index is 540. The lowest BCUT2D eigenvalue weighted by molar-refractivity contribution is -0.126. The third kappa shape index (κ3) is 2.95. The lowest BCUT2D eigenvalue weighted by Gasteiger charge is -2.34. The molecule has 0 aliphatic carbocycles. The molecule has 2 N–H and O–H groups in total. The molecule has 1 saturated heterocycles. The highest BCUT2D eigenvalue weighted by molar-refractivity contribution is 5.81. The van der Waals surface area contributed by atoms with Crippen LogP contribution in [0.5, 0.6) is 0 Å². The summed E-state index contributed by atoms with van der Waals surface area (Å²) in [4.78, 5) is 13.8. The Hall–Kier alpha value is -1.97. The number of hydrogen-bond donors (Lipinski definition) is 2. The Balaban J connectivity index is 2.19. The van der Waals surface area contributed by atoms with Crippen LogP contribution in [0.1, 0.15) is 11.1 Å². The lowest BCUT2D eigenvalue weighted by atomic mass is 10.1. The molecule has 20 heavy (non-hydrogen) atoms. The molecule has 1 heterocycles. The Morgan fingerprint density at radius 2 is 2.45 bits per heavy atom. The summed E-state index contributed by atoms with van der Waals surface area (Å²) in [5, 5.41) is 14.6. The molecule has 2 rings (SSSR count). The van der Waals surface area contributed by atoms with Gasteiger partial charge < -0.3 is 10.6 Å². The van der Waals surface area contributed by atoms with Crippen molar-refractivity contribution in [1.29, 1.82) is 5.26 Å². The van der Waals surface area contributed by atoms with Crippen LogP contribution in [0.2, 0.25) is 0 Å². The SMILES string of the molecule is CNC(=O)C1CNCCN1Cc1cccc(C#N)c1F. The molecule has 0 spiro atoms. The maximum Gasteiger partial charge on any atom is 0.238 e. The van der Waals surface area contributed by atoms with E-state index in [1.165, 1.54) is 6.07 Å². The third-order valence-corrected chi connectivity index (χ3v) is 3.48. The molecule has 106 valence electrons. The summed E-state index contributed by atoms with van der Waals surface area (Å²) in [6.45, 7) is 2.28. The molecule has 5 nitrogen and oxygen atoms in total. The highest BCUT2D eigenvalue weighted by Crippen LogP contribution is 2.16. The standard InChI is InChI=1S/C14H17FN4O/c1-17-14(20)12-8-18-5-6-19(12)9-11-4-2-3-10(7-16)13(11)15/h2-4,12,18H,5-6,8-9H2,1H3,(H,17,20). The molecule has 1 aliphatic heterocycles. The molecule has 1 aromatic carbocycles. The number of nitrogens with zero attached hydrogens (tertiary/aromatic N) is 2. The van der Waals surface area contributed by atoms with Crippen LogP contribution in [-0.4, -0.2) is 43.5 Å². The number of amides is 1. The first-order valence-corrected chi connectivity index (χ1v) is 6.51. The van der Waals surface area contributed by atoms with Crippen LogP contribution < -0.4 is 10.6 Å². The van der Waals surface area contributed by atoms with E-state index in [0.29, 0.717) is 25.2 Å². The van der Waals surface area contributed by atoms with Gasteiger partial charge >= 0.3 is 0 Å². The normalized spacial score (nSPS) is 19.4. The molecular formula is C14H17FN4O. The number of likely N-dealkylation sites (N-methyl/N-ethyl adjacent to an activating group) is 1. The first-order chi connectivity index (χ1) is 9.67. The van der Waals surface area contributed by atoms with E-state index in [4.69, 9.17) is 5.26 Å². The number of halogens is 1. The van der Waals surface area contributed by atoms with Crippen LogP contribution in [-0.2, 0) is 11.3 Å². The van der Waals surface area contributed by atoms with E-state index in [1.807, 2.05) is 11.0 Å². The zero-order valence-corrected chi connectivity index (χ0v) is 11.3. The van der Waals surface area contributed by atoms with E-state index in [1.54, 1.807) is 19.2 Å². The largest absolute Gasteiger partial charge is 0.358 e. The first-order valence-electron chi connectivity index (χ1n) is 6.51. The van der Waals surface area contributed by atoms with Crippen LogP contribution in [0.4, 0.5) is 4.39 Å². The van der Waals surface area contributed by atoms with Gasteiger partial charge in [0.25, 0.3) is 0 Å². The number of nitriles is 1. The second-order valence-corrected chi connectivity index (χ2v) is 4.70. The Morgan fingerprint density at radius 1 is 1.65 bits per heavy atom. The summed E-state index contributed by atoms with van der Waals surface area (Å²) in [5.41, 5.74) is 0.481. The molecule has 6 heteroatoms. The van der Waals surface area contributed by atoms with Gasteiger partial charge in [-0.05, 0) is 6.07 Å². The summed E-state index contributed by atoms with van der Waals surface area (Å²) >= 11 is 0. The number of piperazine rings is 1. The maximum atomic E-state index is 14.1. The monoisotopic (exact) mass is 276 g/mol. The van der Waals surface area contributed by atoms with Crippen molar-refractivity contribution in [2.45, 2.75) is 12.6 Å². The molecule has 1 aromatic rings. The van der Waals surface area contributed by atoms with Gasteiger partial charge in [0.15, 0.2) is 0 Å². The minimum atomic E-state index is -0.496. The summed E-state index contributed by atoms with van der Waals surface area (Å²) in [7, 11) is 1.59. The van der Waals surface area contributed by atoms with Crippen molar-refractivity contribution in [2.75, 3.05) is 26.7 Å². The predicted octanol–water partition coefficient (Wildman–Crippen LogP) is 0.217. The predicted molar refractivity (Wildman–Crippen MR) is 72.2 cm³/mol. The van der Waals surface area contributed by atoms with Crippen LogP contribution >= 0.6 is 0 Å². The van der Waals surface area contributed by atoms with Crippen LogP contribution in [0, 0.1) is 17.1 Å². The van der Waals surface area contributed by atoms with Crippen molar-refractivity contribution < 1.29 is 9.18 Å². The molecule has 1 amide bonds. The Kier molecular flexibility index (Phi) is 4.66. The number of hydrogen-bond acceptors (Lipinski definition) is 4. The third-order valence-electron chi connectivity index (χ3n) is 3.48. The van der Waals surface area contributed by atoms with Gasteiger partial charge in [0.2, 0.25) is 5.91 Å². The molecule has 1 atom stereocenters. The molecule has 0 aromatic heterocycles. The summed E-state index contributed by atoms with van der Waals surface area (Å²) in [6, 6.07) is 6.28. The number of nitrogens with one attached hydrogen (secondary N) is 2. The smallest absolute Gasteiger partial charge is 0.238 e. The van der Waals surface area contributed by atoms with Crippen molar-refractivity contribution in [3.05, 3.63) is 35.1 Å². The van der Waals surface area contributed by atoms with Crippen molar-refractivity contribution in [3.63, 3.8) is 0 Å². The van der Waals surface area contributed by atoms with E-state index in [-0.39, 0.29) is 17.5 Å². The average molecular weight is 276 g/mol. The van der Waals surface area contributed by atoms with E-state index < -0.39 is 5.82 Å². The highest BCUT2D eigenvalue weighted by atomic mass is 19.1. The molecular weight excluding hydrogens is 259 g/mol. The minimum Gasteiger partial charge on any atom is -0.358 e. The van der Waals surface area contributed by atoms with Crippen LogP contribution in [0.3, 0.4) is 0 Å². The van der Waals surface area contributed by atoms with E-state index in [0.717, 1.165) is 6.54 Å². The van der Waals surface area contributed by atoms with E-state index in [2.05, 4.69) is 10.6 Å². The quantitative estimate of drug-likeness (QED) is 0.828. The van der Waals surface area contributed by atoms with Gasteiger partial charge in [-0.25, -0.2) is 4.39 Å². The van der Waals surface area contributed by atoms with Gasteiger partial charge in [-0.1, -0.05) is 12.1 Å². The zero-order chi connectivity index (χ0) is 14.5. The summed E-state index contributed by atoms with van der Waals surface area (Å²) in [5.74, 6) is -0.585. The number of carbonyl (C=O) groups excluding carboxylic acids is 1. The lowest BCUT2D eigenvalue weighted by Crippen LogP contribution is -2.56. The average Bonchev–Trinajstić information content (AvgIpc) is 2.49. The summed E-state index contributed by atoms with van der Waals surface area (Å²) < 4.78 is 14.1. The van der Waals surface area contributed by atoms with Gasteiger partial charge in [-0.2, -0.15) is 5.26 Å². The number of carbonyl (C=O) groups is 1. The van der Waals surface area contributed by atoms with E-state index in [9.17, 15) is 9.18 Å². The number of rotatable bonds is 3. The summed E-state index contributed by atoms with van der Waals surface area (Å²) in [6.07, 6.45) is 0. The van der Waals surface area contributed by atoms with Gasteiger partial charge in [0.1, 0.15) is 17.9 Å². The van der Waals surface area contributed by atoms with Crippen molar-refractivity contribution in [2.24, 2.45) is 0 Å². The topological polar surface area (TPSA) is 68.2 Å². The fraction of sp³-hybridized carbons (Fsp3) is 0.429. The van der Waals surface area contributed by atoms with Crippen LogP contribution in [0.25, 0.3) is 0 Å². The minimum absolute atomic E-state index is 0.0362. The molecule has 0 bridgehead atoms. The first kappa shape index (κ1) is 14.4. The van der Waals surface area contributed by atoms with E-state index >= 15 is 0 Å². The highest BCUT2D eigenvalue weighted by Gasteiger charge is 2.28. The van der Waals surface area contributed by atoms with Crippen LogP contribution in [0.15, 0.2) is 18.2 Å². The zero-order valence-electron chi connectivity index (χ0n) is 11.3. The number of benzene rings is 1. The van der Waals surface area contributed by atoms with Crippen molar-refractivity contribution >= 4 is 5.91 Å². The molecule has 1 aliphatic rings. The fourth-order valence-electron chi connectivity index (χ4n) is 2.37. The Labute approximate surface area is 117 Å². The van der Waals surface area contributed by atoms with Crippen molar-refractivity contribution in [1.82, 2.24) is 15.5 Å². The maximum absolute atomic E-state index is 14.1. The fourth-order valence-corrected chi connectivity index (χ4v) is 2.37. The van der Waals surface area contributed by atoms with Gasteiger partial charge in [0, 0.05) is 38.8 Å². The molecule has 1 fully saturated rings. The molecule has 0 saturated carbocycles. The van der Waals surface area contributed by atoms with Gasteiger partial charge in [-0.15, -0.1) is 0 Å². The second-order valence-electron chi connectivity index (χ2n) is 4.70. The second kappa shape index (κ2) is 6.46. The Morgan fingerprint density at radius 3 is 3.15 bits per heavy atom.